The lowest BCUT2D eigenvalue weighted by atomic mass is 9.94. The zero-order valence-corrected chi connectivity index (χ0v) is 60.8. The van der Waals surface area contributed by atoms with Crippen LogP contribution in [0.1, 0.15) is 185 Å². The van der Waals surface area contributed by atoms with Crippen LogP contribution < -0.4 is 27.4 Å². The fourth-order valence-electron chi connectivity index (χ4n) is 11.9. The topological polar surface area (TPSA) is 23.3 Å². The summed E-state index contributed by atoms with van der Waals surface area (Å²) in [7, 11) is 12.0. The van der Waals surface area contributed by atoms with Crippen LogP contribution in [0, 0.1) is 48.5 Å². The second-order valence-electron chi connectivity index (χ2n) is 25.0. The molecule has 103 heavy (non-hydrogen) atoms. The molecule has 12 aromatic rings. The number of hydrogen-bond donors (Lipinski definition) is 0. The first-order valence-corrected chi connectivity index (χ1v) is 33.6. The fraction of sp³-hybridized carbons (Fsp3) is 0.320. The molecule has 6 heteroatoms. The lowest BCUT2D eigenvalue weighted by Crippen LogP contribution is -2.32. The highest BCUT2D eigenvalue weighted by atomic mass is 14.9. The van der Waals surface area contributed by atoms with Gasteiger partial charge in [-0.1, -0.05) is 196 Å². The molecule has 0 radical (unpaired) electrons. The summed E-state index contributed by atoms with van der Waals surface area (Å²) < 4.78 is 90.7. The van der Waals surface area contributed by atoms with Gasteiger partial charge < -0.3 is 0 Å². The van der Waals surface area contributed by atoms with Crippen molar-refractivity contribution in [1.82, 2.24) is 0 Å². The standard InChI is InChI=1S/2C16H20N.3C15H18N.C14H16N.6CH4/c1-12(2)14-10-7-11-17(4)16(14)15-9-6-5-8-13(15)3;1-12(2)14-9-10-17(4)16(11-14)15-8-6-5-7-13(15)3;1-4-13-9-7-11-16(3)15(13)14-10-6-5-8-12(14)2;1-4-13-8-9-14(12(2)11-13)15-7-5-6-10-16(15)3;1-4-13-9-10-16(3)15(11-13)14-8-6-5-7-12(14)2;1-11-7-8-13(12(2)10-11)14-6-4-5-9-15(14)3;;;;;;/h2*5-12H,1-4H3;3*5-11H,4H2,1-3H3;4-10H,1-3H3;6*1H4/q6*+1;;;;;;/i2*1D3,12D;4D2;;;;;;;;;. The highest BCUT2D eigenvalue weighted by molar-refractivity contribution is 5.67. The van der Waals surface area contributed by atoms with E-state index in [-0.39, 0.29) is 44.6 Å². The Hall–Kier alpha value is -9.78. The molecule has 0 saturated carbocycles. The van der Waals surface area contributed by atoms with E-state index in [0.717, 1.165) is 68.9 Å². The third-order valence-corrected chi connectivity index (χ3v) is 17.6. The zero-order chi connectivity index (χ0) is 78.9. The third-order valence-electron chi connectivity index (χ3n) is 17.6. The van der Waals surface area contributed by atoms with Crippen LogP contribution in [-0.4, -0.2) is 0 Å². The molecule has 0 spiro atoms. The molecule has 12 rings (SSSR count). The van der Waals surface area contributed by atoms with Crippen molar-refractivity contribution < 1.29 is 41.1 Å². The average Bonchev–Trinajstić information content (AvgIpc) is 0.768. The van der Waals surface area contributed by atoms with Gasteiger partial charge in [0.15, 0.2) is 37.2 Å². The Kier molecular flexibility index (Phi) is 32.2. The Bertz CT molecular complexity index is 4990. The van der Waals surface area contributed by atoms with E-state index in [1.165, 1.54) is 81.0 Å². The molecular weight excluding hydrogens is 1250 g/mol. The molecule has 0 aliphatic carbocycles. The molecule has 6 heterocycles. The van der Waals surface area contributed by atoms with Crippen molar-refractivity contribution in [3.8, 4) is 67.5 Å². The first-order valence-electron chi connectivity index (χ1n) is 38.6. The van der Waals surface area contributed by atoms with E-state index in [1.54, 1.807) is 25.1 Å². The Morgan fingerprint density at radius 3 is 1.15 bits per heavy atom. The van der Waals surface area contributed by atoms with Gasteiger partial charge in [0.2, 0.25) is 34.2 Å². The number of aromatic nitrogens is 6. The smallest absolute Gasteiger partial charge is 0.201 e. The maximum Gasteiger partial charge on any atom is 0.215 e. The fourth-order valence-corrected chi connectivity index (χ4v) is 11.9. The average molecular weight is 1390 g/mol. The molecule has 0 aliphatic rings. The molecule has 0 amide bonds. The number of hydrogen-bond acceptors (Lipinski definition) is 0. The van der Waals surface area contributed by atoms with Crippen molar-refractivity contribution in [3.63, 3.8) is 0 Å². The molecule has 6 aromatic heterocycles. The van der Waals surface area contributed by atoms with E-state index in [1.807, 2.05) is 158 Å². The number of rotatable bonds is 11. The van der Waals surface area contributed by atoms with E-state index < -0.39 is 31.9 Å². The van der Waals surface area contributed by atoms with Crippen LogP contribution in [0.15, 0.2) is 256 Å². The first-order chi connectivity index (χ1) is 50.3. The predicted molar refractivity (Wildman–Crippen MR) is 448 cm³/mol. The number of aryl methyl sites for hydroxylation is 16. The molecule has 0 bridgehead atoms. The monoisotopic (exact) mass is 1390 g/mol. The van der Waals surface area contributed by atoms with Gasteiger partial charge in [-0.05, 0) is 190 Å². The van der Waals surface area contributed by atoms with Gasteiger partial charge in [-0.2, -0.15) is 0 Å². The molecule has 0 N–H and O–H groups in total. The van der Waals surface area contributed by atoms with Crippen molar-refractivity contribution in [2.45, 2.75) is 172 Å². The van der Waals surface area contributed by atoms with Gasteiger partial charge in [0.05, 0.1) is 0 Å². The number of pyridine rings is 6. The minimum atomic E-state index is -2.39. The predicted octanol–water partition coefficient (Wildman–Crippen LogP) is 23.0. The maximum atomic E-state index is 8.40. The molecule has 6 nitrogen and oxygen atoms in total. The van der Waals surface area contributed by atoms with Gasteiger partial charge in [-0.15, -0.1) is 0 Å². The Morgan fingerprint density at radius 2 is 0.699 bits per heavy atom. The molecule has 0 aliphatic heterocycles. The van der Waals surface area contributed by atoms with E-state index >= 15 is 0 Å². The molecular formula is C97H134N6+6. The first kappa shape index (κ1) is 74.4. The number of nitrogens with zero attached hydrogens (tertiary/aromatic N) is 6. The molecule has 0 saturated heterocycles. The minimum Gasteiger partial charge on any atom is -0.201 e. The summed E-state index contributed by atoms with van der Waals surface area (Å²) in [5.41, 5.74) is 26.7. The van der Waals surface area contributed by atoms with E-state index in [0.29, 0.717) is 11.1 Å². The van der Waals surface area contributed by atoms with Crippen LogP contribution in [0.5, 0.6) is 0 Å². The summed E-state index contributed by atoms with van der Waals surface area (Å²) in [5, 5.41) is 0. The van der Waals surface area contributed by atoms with Gasteiger partial charge >= 0.3 is 0 Å². The summed E-state index contributed by atoms with van der Waals surface area (Å²) in [6, 6.07) is 73.5. The minimum absolute atomic E-state index is 0. The summed E-state index contributed by atoms with van der Waals surface area (Å²) in [6.07, 6.45) is 12.8. The normalized spacial score (nSPS) is 12.9. The van der Waals surface area contributed by atoms with Crippen LogP contribution in [0.2, 0.25) is 0 Å². The molecule has 2 atom stereocenters. The van der Waals surface area contributed by atoms with Gasteiger partial charge in [0.25, 0.3) is 0 Å². The Balaban J connectivity index is 0.000000674. The van der Waals surface area contributed by atoms with Gasteiger partial charge in [-0.25, -0.2) is 27.4 Å². The summed E-state index contributed by atoms with van der Waals surface area (Å²) in [5.74, 6) is -3.29. The summed E-state index contributed by atoms with van der Waals surface area (Å²) >= 11 is 0. The lowest BCUT2D eigenvalue weighted by Gasteiger charge is -2.11. The van der Waals surface area contributed by atoms with E-state index in [9.17, 15) is 0 Å². The van der Waals surface area contributed by atoms with Crippen LogP contribution in [0.3, 0.4) is 0 Å². The highest BCUT2D eigenvalue weighted by Gasteiger charge is 2.21. The van der Waals surface area contributed by atoms with Crippen LogP contribution >= 0.6 is 0 Å². The molecule has 6 aromatic carbocycles. The van der Waals surface area contributed by atoms with Crippen LogP contribution in [-0.2, 0) is 61.5 Å². The quantitative estimate of drug-likeness (QED) is 0.115. The van der Waals surface area contributed by atoms with Gasteiger partial charge in [-0.3, -0.25) is 0 Å². The zero-order valence-electron chi connectivity index (χ0n) is 70.8. The highest BCUT2D eigenvalue weighted by Crippen LogP contribution is 2.30. The molecule has 0 fully saturated rings. The van der Waals surface area contributed by atoms with Crippen LogP contribution in [0.4, 0.5) is 0 Å². The second kappa shape index (κ2) is 44.6. The van der Waals surface area contributed by atoms with Crippen molar-refractivity contribution >= 4 is 0 Å². The van der Waals surface area contributed by atoms with E-state index in [4.69, 9.17) is 13.7 Å². The van der Waals surface area contributed by atoms with Crippen molar-refractivity contribution in [2.75, 3.05) is 0 Å². The van der Waals surface area contributed by atoms with Crippen molar-refractivity contribution in [2.24, 2.45) is 42.3 Å². The Labute approximate surface area is 642 Å². The molecule has 546 valence electrons. The second-order valence-corrected chi connectivity index (χ2v) is 25.0. The number of benzene rings is 6. The molecule has 2 unspecified atom stereocenters. The summed E-state index contributed by atoms with van der Waals surface area (Å²) in [6.45, 7) is 18.8. The van der Waals surface area contributed by atoms with Crippen molar-refractivity contribution in [3.05, 3.63) is 322 Å². The van der Waals surface area contributed by atoms with Gasteiger partial charge in [0, 0.05) is 119 Å². The van der Waals surface area contributed by atoms with E-state index in [2.05, 4.69) is 211 Å². The van der Waals surface area contributed by atoms with Gasteiger partial charge in [0.1, 0.15) is 42.3 Å². The summed E-state index contributed by atoms with van der Waals surface area (Å²) in [4.78, 5) is 0. The largest absolute Gasteiger partial charge is 0.215 e. The van der Waals surface area contributed by atoms with Crippen LogP contribution in [0.25, 0.3) is 67.5 Å². The third kappa shape index (κ3) is 24.7. The lowest BCUT2D eigenvalue weighted by molar-refractivity contribution is -0.660. The maximum absolute atomic E-state index is 8.40. The Morgan fingerprint density at radius 1 is 0.320 bits per heavy atom. The van der Waals surface area contributed by atoms with Crippen molar-refractivity contribution in [1.29, 1.82) is 0 Å². The SMILES string of the molecule is C.C.C.C.C.C.CCc1cc[n+](C)c(-c2ccccc2C)c1.CCc1ccc(-c2cccc[n+]2C)c(C)c1.Cc1ccc(-c2cccc[n+]2C)c(C)c1.[2H]C([2H])(C)c1ccc[n+](C)c1-c1ccccc1C.[2H]C([2H])([2H])C([2H])(C)c1cc[n+](C)c(-c2ccccc2C)c1.[2H]C([2H])([2H])C([2H])(C)c1ccc[n+](C)c1-c1ccccc1C.